The maximum Gasteiger partial charge on any atom is 0.250 e. The fourth-order valence-electron chi connectivity index (χ4n) is 3.37. The van der Waals surface area contributed by atoms with Crippen molar-refractivity contribution >= 4 is 5.69 Å². The van der Waals surface area contributed by atoms with Gasteiger partial charge in [-0.25, -0.2) is 0 Å². The molecule has 0 spiro atoms. The second-order valence-corrected chi connectivity index (χ2v) is 6.58. The Hall–Kier alpha value is -1.94. The molecule has 2 aromatic carbocycles. The summed E-state index contributed by atoms with van der Waals surface area (Å²) in [6, 6.07) is 8.35. The van der Waals surface area contributed by atoms with E-state index in [9.17, 15) is 9.59 Å². The first-order valence-corrected chi connectivity index (χ1v) is 8.46. The van der Waals surface area contributed by atoms with Gasteiger partial charge in [-0.3, -0.25) is 14.5 Å². The molecule has 0 saturated carbocycles. The summed E-state index contributed by atoms with van der Waals surface area (Å²) in [6.45, 7) is 7.00. The highest BCUT2D eigenvalue weighted by atomic mass is 16.2. The molecule has 4 heteroatoms. The minimum atomic E-state index is -0.382. The summed E-state index contributed by atoms with van der Waals surface area (Å²) >= 11 is 0. The molecular formula is C19H24N2O2. The highest BCUT2D eigenvalue weighted by molar-refractivity contribution is 5.81. The number of nitrogens with zero attached hydrogens (tertiary/aromatic N) is 1. The van der Waals surface area contributed by atoms with Gasteiger partial charge in [0.2, 0.25) is 10.9 Å². The predicted molar refractivity (Wildman–Crippen MR) is 94.9 cm³/mol. The Morgan fingerprint density at radius 2 is 1.87 bits per heavy atom. The maximum absolute atomic E-state index is 11.9. The van der Waals surface area contributed by atoms with Crippen LogP contribution in [0.25, 0.3) is 11.1 Å². The Bertz CT molecular complexity index is 742. The van der Waals surface area contributed by atoms with E-state index in [1.54, 1.807) is 0 Å². The van der Waals surface area contributed by atoms with Crippen LogP contribution in [0.1, 0.15) is 31.7 Å². The smallest absolute Gasteiger partial charge is 0.250 e. The molecule has 0 aromatic heterocycles. The Kier molecular flexibility index (Phi) is 4.62. The van der Waals surface area contributed by atoms with Gasteiger partial charge in [-0.05, 0) is 38.8 Å². The van der Waals surface area contributed by atoms with Crippen molar-refractivity contribution in [3.8, 4) is 11.1 Å². The van der Waals surface area contributed by atoms with Crippen LogP contribution in [0.2, 0.25) is 0 Å². The van der Waals surface area contributed by atoms with Gasteiger partial charge in [-0.15, -0.1) is 0 Å². The molecule has 1 saturated heterocycles. The van der Waals surface area contributed by atoms with Crippen molar-refractivity contribution in [1.29, 1.82) is 0 Å². The third-order valence-electron chi connectivity index (χ3n) is 4.89. The van der Waals surface area contributed by atoms with Gasteiger partial charge in [0.05, 0.1) is 11.3 Å². The number of likely N-dealkylation sites (tertiary alicyclic amines) is 1. The Labute approximate surface area is 136 Å². The van der Waals surface area contributed by atoms with Crippen molar-refractivity contribution in [3.05, 3.63) is 50.3 Å². The summed E-state index contributed by atoms with van der Waals surface area (Å²) in [7, 11) is 0. The number of nitrogens with one attached hydrogen (secondary N) is 1. The Balaban J connectivity index is 1.67. The number of hydrogen-bond donors (Lipinski definition) is 1. The topological polar surface area (TPSA) is 49.4 Å². The standard InChI is InChI=1S/C19H24N2O2/c1-13-6-8-15(9-7-13)16-17(19(23)18(16)22)20-10-12-21-11-4-3-5-14(21)2/h6-9,14,20H,3-5,10-12H2,1-2H3/t14-/m1/s1. The van der Waals surface area contributed by atoms with Crippen molar-refractivity contribution < 1.29 is 0 Å². The van der Waals surface area contributed by atoms with E-state index in [2.05, 4.69) is 17.1 Å². The lowest BCUT2D eigenvalue weighted by molar-refractivity contribution is 0.167. The molecule has 3 rings (SSSR count). The van der Waals surface area contributed by atoms with E-state index in [1.165, 1.54) is 19.3 Å². The number of rotatable bonds is 5. The molecule has 0 aliphatic carbocycles. The molecule has 1 N–H and O–H groups in total. The van der Waals surface area contributed by atoms with Gasteiger partial charge < -0.3 is 5.32 Å². The first-order valence-electron chi connectivity index (χ1n) is 8.46. The molecule has 0 unspecified atom stereocenters. The van der Waals surface area contributed by atoms with E-state index in [1.807, 2.05) is 31.2 Å². The summed E-state index contributed by atoms with van der Waals surface area (Å²) in [5.74, 6) is 0. The van der Waals surface area contributed by atoms with E-state index < -0.39 is 0 Å². The average Bonchev–Trinajstić information content (AvgIpc) is 2.56. The minimum Gasteiger partial charge on any atom is -0.380 e. The summed E-state index contributed by atoms with van der Waals surface area (Å²) in [5.41, 5.74) is 2.25. The summed E-state index contributed by atoms with van der Waals surface area (Å²) < 4.78 is 0. The molecule has 4 nitrogen and oxygen atoms in total. The third-order valence-corrected chi connectivity index (χ3v) is 4.89. The highest BCUT2D eigenvalue weighted by Crippen LogP contribution is 2.24. The fraction of sp³-hybridized carbons (Fsp3) is 0.474. The third kappa shape index (κ3) is 3.22. The lowest BCUT2D eigenvalue weighted by Gasteiger charge is -2.33. The number of benzene rings is 1. The van der Waals surface area contributed by atoms with Crippen LogP contribution in [0.5, 0.6) is 0 Å². The largest absolute Gasteiger partial charge is 0.380 e. The van der Waals surface area contributed by atoms with Crippen LogP contribution in [0.3, 0.4) is 0 Å². The Morgan fingerprint density at radius 3 is 2.57 bits per heavy atom. The molecule has 1 aliphatic heterocycles. The van der Waals surface area contributed by atoms with Crippen LogP contribution in [-0.4, -0.2) is 30.6 Å². The predicted octanol–water partition coefficient (Wildman–Crippen LogP) is 2.54. The van der Waals surface area contributed by atoms with Gasteiger partial charge in [-0.1, -0.05) is 36.2 Å². The molecule has 1 heterocycles. The fourth-order valence-corrected chi connectivity index (χ4v) is 3.37. The molecule has 0 amide bonds. The zero-order valence-electron chi connectivity index (χ0n) is 13.9. The number of anilines is 1. The van der Waals surface area contributed by atoms with E-state index in [4.69, 9.17) is 0 Å². The second-order valence-electron chi connectivity index (χ2n) is 6.58. The van der Waals surface area contributed by atoms with Gasteiger partial charge in [0, 0.05) is 19.1 Å². The maximum atomic E-state index is 11.9. The first-order chi connectivity index (χ1) is 11.1. The Morgan fingerprint density at radius 1 is 1.13 bits per heavy atom. The summed E-state index contributed by atoms with van der Waals surface area (Å²) in [4.78, 5) is 26.2. The van der Waals surface area contributed by atoms with Gasteiger partial charge in [-0.2, -0.15) is 0 Å². The summed E-state index contributed by atoms with van der Waals surface area (Å²) in [6.07, 6.45) is 3.80. The molecule has 1 atom stereocenters. The quantitative estimate of drug-likeness (QED) is 0.862. The normalized spacial score (nSPS) is 19.1. The van der Waals surface area contributed by atoms with Crippen LogP contribution >= 0.6 is 0 Å². The molecule has 0 radical (unpaired) electrons. The number of hydrogen-bond acceptors (Lipinski definition) is 4. The number of aryl methyl sites for hydroxylation is 1. The van der Waals surface area contributed by atoms with Gasteiger partial charge >= 0.3 is 0 Å². The molecule has 122 valence electrons. The van der Waals surface area contributed by atoms with Crippen molar-refractivity contribution in [2.24, 2.45) is 0 Å². The lowest BCUT2D eigenvalue weighted by Crippen LogP contribution is -2.42. The van der Waals surface area contributed by atoms with Crippen LogP contribution in [0.15, 0.2) is 33.9 Å². The average molecular weight is 312 g/mol. The number of piperidine rings is 1. The van der Waals surface area contributed by atoms with Gasteiger partial charge in [0.15, 0.2) is 0 Å². The lowest BCUT2D eigenvalue weighted by atomic mass is 9.97. The van der Waals surface area contributed by atoms with Gasteiger partial charge in [0.1, 0.15) is 0 Å². The molecule has 23 heavy (non-hydrogen) atoms. The molecule has 2 aromatic rings. The zero-order valence-corrected chi connectivity index (χ0v) is 13.9. The first kappa shape index (κ1) is 15.9. The van der Waals surface area contributed by atoms with Crippen molar-refractivity contribution in [2.75, 3.05) is 25.0 Å². The molecular weight excluding hydrogens is 288 g/mol. The van der Waals surface area contributed by atoms with Crippen molar-refractivity contribution in [1.82, 2.24) is 4.90 Å². The van der Waals surface area contributed by atoms with E-state index in [0.29, 0.717) is 23.8 Å². The second kappa shape index (κ2) is 6.67. The van der Waals surface area contributed by atoms with Crippen LogP contribution in [0.4, 0.5) is 5.69 Å². The van der Waals surface area contributed by atoms with Crippen molar-refractivity contribution in [2.45, 2.75) is 39.2 Å². The van der Waals surface area contributed by atoms with E-state index in [-0.39, 0.29) is 10.9 Å². The van der Waals surface area contributed by atoms with Gasteiger partial charge in [0.25, 0.3) is 0 Å². The monoisotopic (exact) mass is 312 g/mol. The zero-order chi connectivity index (χ0) is 16.4. The van der Waals surface area contributed by atoms with E-state index in [0.717, 1.165) is 24.2 Å². The molecule has 0 bridgehead atoms. The van der Waals surface area contributed by atoms with E-state index >= 15 is 0 Å². The SMILES string of the molecule is Cc1ccc(-c2c(NCCN3CCCC[C@H]3C)c(=O)c2=O)cc1. The summed E-state index contributed by atoms with van der Waals surface area (Å²) in [5, 5.41) is 3.20. The minimum absolute atomic E-state index is 0.373. The molecule has 1 fully saturated rings. The van der Waals surface area contributed by atoms with Crippen LogP contribution in [0, 0.1) is 6.92 Å². The van der Waals surface area contributed by atoms with Crippen LogP contribution < -0.4 is 16.2 Å². The highest BCUT2D eigenvalue weighted by Gasteiger charge is 2.23. The van der Waals surface area contributed by atoms with Crippen LogP contribution in [-0.2, 0) is 0 Å². The molecule has 1 aliphatic rings. The van der Waals surface area contributed by atoms with Crippen molar-refractivity contribution in [3.63, 3.8) is 0 Å².